The molecule has 4 aromatic rings. The summed E-state index contributed by atoms with van der Waals surface area (Å²) in [4.78, 5) is 16.9. The van der Waals surface area contributed by atoms with Crippen LogP contribution < -0.4 is 5.32 Å². The Morgan fingerprint density at radius 1 is 1.03 bits per heavy atom. The van der Waals surface area contributed by atoms with Gasteiger partial charge in [-0.25, -0.2) is 4.68 Å². The number of amides is 1. The van der Waals surface area contributed by atoms with E-state index in [0.29, 0.717) is 22.2 Å². The second kappa shape index (κ2) is 7.56. The Balaban J connectivity index is 1.60. The highest BCUT2D eigenvalue weighted by Crippen LogP contribution is 2.25. The Kier molecular flexibility index (Phi) is 4.94. The molecule has 0 aliphatic heterocycles. The molecule has 1 amide bonds. The summed E-state index contributed by atoms with van der Waals surface area (Å²) in [5, 5.41) is 11.8. The number of aromatic nitrogens is 5. The number of hydrogen-bond acceptors (Lipinski definition) is 6. The molecular weight excluding hydrogens is 384 g/mol. The summed E-state index contributed by atoms with van der Waals surface area (Å²) in [6.45, 7) is 7.93. The van der Waals surface area contributed by atoms with Crippen molar-refractivity contribution in [2.45, 2.75) is 27.7 Å². The minimum Gasteiger partial charge on any atom is -0.297 e. The van der Waals surface area contributed by atoms with Crippen LogP contribution in [0.3, 0.4) is 0 Å². The third-order valence-corrected chi connectivity index (χ3v) is 5.35. The quantitative estimate of drug-likeness (QED) is 0.549. The van der Waals surface area contributed by atoms with Gasteiger partial charge in [-0.3, -0.25) is 10.1 Å². The third kappa shape index (κ3) is 3.66. The maximum Gasteiger partial charge on any atom is 0.257 e. The van der Waals surface area contributed by atoms with Crippen LogP contribution in [0.5, 0.6) is 0 Å². The third-order valence-electron chi connectivity index (χ3n) is 4.72. The highest BCUT2D eigenvalue weighted by atomic mass is 32.1. The standard InChI is InChI=1S/C21H20N6OS/c1-12-9-10-17(14(3)11-12)27-15(4)18(24-26-27)19-22-21(29-25-19)23-20(28)16-8-6-5-7-13(16)2/h5-11H,1-4H3,(H,22,23,25,28). The largest absolute Gasteiger partial charge is 0.297 e. The maximum atomic E-state index is 12.5. The summed E-state index contributed by atoms with van der Waals surface area (Å²) in [6, 6.07) is 13.6. The predicted molar refractivity (Wildman–Crippen MR) is 114 cm³/mol. The number of hydrogen-bond donors (Lipinski definition) is 1. The molecule has 29 heavy (non-hydrogen) atoms. The van der Waals surface area contributed by atoms with E-state index in [-0.39, 0.29) is 5.91 Å². The van der Waals surface area contributed by atoms with E-state index in [1.54, 1.807) is 10.7 Å². The summed E-state index contributed by atoms with van der Waals surface area (Å²) in [7, 11) is 0. The Labute approximate surface area is 172 Å². The molecule has 0 unspecified atom stereocenters. The van der Waals surface area contributed by atoms with Crippen LogP contribution in [0.1, 0.15) is 32.7 Å². The molecule has 2 aromatic heterocycles. The van der Waals surface area contributed by atoms with Crippen molar-refractivity contribution in [3.63, 3.8) is 0 Å². The monoisotopic (exact) mass is 404 g/mol. The number of aryl methyl sites for hydroxylation is 3. The second-order valence-corrected chi connectivity index (χ2v) is 7.67. The zero-order valence-electron chi connectivity index (χ0n) is 16.6. The Hall–Kier alpha value is -3.39. The smallest absolute Gasteiger partial charge is 0.257 e. The van der Waals surface area contributed by atoms with Crippen molar-refractivity contribution in [1.82, 2.24) is 24.4 Å². The molecule has 0 spiro atoms. The van der Waals surface area contributed by atoms with Crippen molar-refractivity contribution in [3.05, 3.63) is 70.4 Å². The van der Waals surface area contributed by atoms with Crippen LogP contribution in [0.2, 0.25) is 0 Å². The van der Waals surface area contributed by atoms with E-state index in [2.05, 4.69) is 38.0 Å². The molecule has 7 nitrogen and oxygen atoms in total. The predicted octanol–water partition coefficient (Wildman–Crippen LogP) is 4.27. The lowest BCUT2D eigenvalue weighted by Gasteiger charge is -2.07. The fourth-order valence-corrected chi connectivity index (χ4v) is 3.74. The van der Waals surface area contributed by atoms with Crippen LogP contribution in [0.4, 0.5) is 5.13 Å². The maximum absolute atomic E-state index is 12.5. The first-order chi connectivity index (χ1) is 13.9. The van der Waals surface area contributed by atoms with E-state index in [0.717, 1.165) is 34.0 Å². The molecule has 2 heterocycles. The summed E-state index contributed by atoms with van der Waals surface area (Å²) in [5.74, 6) is 0.241. The van der Waals surface area contributed by atoms with Gasteiger partial charge in [0.2, 0.25) is 5.13 Å². The van der Waals surface area contributed by atoms with Crippen LogP contribution >= 0.6 is 11.5 Å². The lowest BCUT2D eigenvalue weighted by atomic mass is 10.1. The number of carbonyl (C=O) groups excluding carboxylic acids is 1. The second-order valence-electron chi connectivity index (χ2n) is 6.92. The van der Waals surface area contributed by atoms with E-state index in [9.17, 15) is 4.79 Å². The topological polar surface area (TPSA) is 85.6 Å². The van der Waals surface area contributed by atoms with Crippen molar-refractivity contribution in [2.24, 2.45) is 0 Å². The van der Waals surface area contributed by atoms with Gasteiger partial charge in [-0.05, 0) is 51.0 Å². The minimum atomic E-state index is -0.207. The van der Waals surface area contributed by atoms with Gasteiger partial charge in [0.25, 0.3) is 5.91 Å². The first-order valence-corrected chi connectivity index (χ1v) is 9.92. The van der Waals surface area contributed by atoms with Gasteiger partial charge in [0.15, 0.2) is 11.5 Å². The van der Waals surface area contributed by atoms with E-state index in [1.807, 2.05) is 51.1 Å². The minimum absolute atomic E-state index is 0.207. The normalized spacial score (nSPS) is 10.9. The van der Waals surface area contributed by atoms with Gasteiger partial charge in [0, 0.05) is 17.1 Å². The van der Waals surface area contributed by atoms with Crippen LogP contribution in [0.15, 0.2) is 42.5 Å². The number of benzene rings is 2. The average Bonchev–Trinajstić information content (AvgIpc) is 3.29. The molecule has 0 aliphatic carbocycles. The van der Waals surface area contributed by atoms with Gasteiger partial charge in [-0.15, -0.1) is 5.10 Å². The highest BCUT2D eigenvalue weighted by molar-refractivity contribution is 7.10. The lowest BCUT2D eigenvalue weighted by Crippen LogP contribution is -2.13. The molecule has 0 atom stereocenters. The van der Waals surface area contributed by atoms with Crippen molar-refractivity contribution in [2.75, 3.05) is 5.32 Å². The van der Waals surface area contributed by atoms with Gasteiger partial charge >= 0.3 is 0 Å². The molecule has 4 rings (SSSR count). The first-order valence-electron chi connectivity index (χ1n) is 9.15. The summed E-state index contributed by atoms with van der Waals surface area (Å²) in [5.41, 5.74) is 6.23. The summed E-state index contributed by atoms with van der Waals surface area (Å²) in [6.07, 6.45) is 0. The molecule has 2 aromatic carbocycles. The number of nitrogens with zero attached hydrogens (tertiary/aromatic N) is 5. The van der Waals surface area contributed by atoms with Gasteiger partial charge < -0.3 is 0 Å². The molecule has 0 saturated carbocycles. The number of anilines is 1. The van der Waals surface area contributed by atoms with Gasteiger partial charge in [-0.2, -0.15) is 9.36 Å². The van der Waals surface area contributed by atoms with Crippen LogP contribution in [-0.4, -0.2) is 30.3 Å². The number of carbonyl (C=O) groups is 1. The Morgan fingerprint density at radius 3 is 2.59 bits per heavy atom. The van der Waals surface area contributed by atoms with Crippen molar-refractivity contribution >= 4 is 22.6 Å². The van der Waals surface area contributed by atoms with E-state index in [4.69, 9.17) is 0 Å². The van der Waals surface area contributed by atoms with Gasteiger partial charge in [0.1, 0.15) is 0 Å². The molecule has 0 radical (unpaired) electrons. The van der Waals surface area contributed by atoms with E-state index < -0.39 is 0 Å². The van der Waals surface area contributed by atoms with Crippen LogP contribution in [0, 0.1) is 27.7 Å². The van der Waals surface area contributed by atoms with E-state index in [1.165, 1.54) is 5.56 Å². The zero-order chi connectivity index (χ0) is 20.5. The average molecular weight is 404 g/mol. The highest BCUT2D eigenvalue weighted by Gasteiger charge is 2.19. The molecule has 0 aliphatic rings. The summed E-state index contributed by atoms with van der Waals surface area (Å²) >= 11 is 1.12. The molecule has 0 bridgehead atoms. The van der Waals surface area contributed by atoms with E-state index >= 15 is 0 Å². The molecule has 1 N–H and O–H groups in total. The van der Waals surface area contributed by atoms with Gasteiger partial charge in [-0.1, -0.05) is 41.1 Å². The lowest BCUT2D eigenvalue weighted by molar-refractivity contribution is 0.102. The molecular formula is C21H20N6OS. The molecule has 0 saturated heterocycles. The fourth-order valence-electron chi connectivity index (χ4n) is 3.17. The Bertz CT molecular complexity index is 1210. The van der Waals surface area contributed by atoms with Gasteiger partial charge in [0.05, 0.1) is 11.4 Å². The van der Waals surface area contributed by atoms with Crippen molar-refractivity contribution in [1.29, 1.82) is 0 Å². The zero-order valence-corrected chi connectivity index (χ0v) is 17.4. The fraction of sp³-hybridized carbons (Fsp3) is 0.190. The Morgan fingerprint density at radius 2 is 1.83 bits per heavy atom. The first kappa shape index (κ1) is 18.9. The molecule has 8 heteroatoms. The SMILES string of the molecule is Cc1ccc(-n2nnc(-c3nsc(NC(=O)c4ccccc4C)n3)c2C)c(C)c1. The molecule has 0 fully saturated rings. The van der Waals surface area contributed by atoms with Crippen LogP contribution in [0.25, 0.3) is 17.2 Å². The molecule has 146 valence electrons. The number of rotatable bonds is 4. The van der Waals surface area contributed by atoms with Crippen molar-refractivity contribution < 1.29 is 4.79 Å². The van der Waals surface area contributed by atoms with Crippen molar-refractivity contribution in [3.8, 4) is 17.2 Å². The summed E-state index contributed by atoms with van der Waals surface area (Å²) < 4.78 is 6.15. The van der Waals surface area contributed by atoms with Crippen LogP contribution in [-0.2, 0) is 0 Å². The number of nitrogens with one attached hydrogen (secondary N) is 1.